The van der Waals surface area contributed by atoms with Gasteiger partial charge < -0.3 is 9.47 Å². The maximum absolute atomic E-state index is 5.68. The van der Waals surface area contributed by atoms with Gasteiger partial charge >= 0.3 is 0 Å². The van der Waals surface area contributed by atoms with Crippen LogP contribution in [0.2, 0.25) is 0 Å². The molecule has 2 aromatic rings. The van der Waals surface area contributed by atoms with Crippen LogP contribution in [0.15, 0.2) is 53.6 Å². The molecule has 1 N–H and O–H groups in total. The Balaban J connectivity index is 2.05. The minimum absolute atomic E-state index is 0.666. The first-order chi connectivity index (χ1) is 10.3. The molecule has 0 saturated heterocycles. The Morgan fingerprint density at radius 1 is 1.10 bits per heavy atom. The number of anilines is 1. The van der Waals surface area contributed by atoms with Crippen LogP contribution in [0.5, 0.6) is 11.5 Å². The van der Waals surface area contributed by atoms with E-state index in [9.17, 15) is 0 Å². The van der Waals surface area contributed by atoms with Gasteiger partial charge in [0.05, 0.1) is 25.6 Å². The monoisotopic (exact) mass is 284 g/mol. The summed E-state index contributed by atoms with van der Waals surface area (Å²) >= 11 is 0. The minimum atomic E-state index is 0.666. The number of nitrogens with zero attached hydrogens (tertiary/aromatic N) is 1. The molecular formula is C17H20N2O2. The molecule has 0 amide bonds. The van der Waals surface area contributed by atoms with Crippen molar-refractivity contribution in [3.05, 3.63) is 54.1 Å². The standard InChI is InChI=1S/C17H20N2O2/c1-3-11-21-17-12-14(9-10-16(17)20-2)13-18-19-15-7-5-4-6-8-15/h4-10,12-13,19H,3,11H2,1-2H3/b18-13+. The summed E-state index contributed by atoms with van der Waals surface area (Å²) in [5, 5.41) is 4.22. The zero-order valence-corrected chi connectivity index (χ0v) is 12.4. The molecule has 0 spiro atoms. The average Bonchev–Trinajstić information content (AvgIpc) is 2.54. The van der Waals surface area contributed by atoms with Crippen LogP contribution in [0.1, 0.15) is 18.9 Å². The summed E-state index contributed by atoms with van der Waals surface area (Å²) in [5.74, 6) is 1.47. The first-order valence-electron chi connectivity index (χ1n) is 6.98. The summed E-state index contributed by atoms with van der Waals surface area (Å²) < 4.78 is 11.0. The molecular weight excluding hydrogens is 264 g/mol. The summed E-state index contributed by atoms with van der Waals surface area (Å²) in [5.41, 5.74) is 4.88. The lowest BCUT2D eigenvalue weighted by Crippen LogP contribution is -1.99. The number of ether oxygens (including phenoxy) is 2. The number of nitrogens with one attached hydrogen (secondary N) is 1. The van der Waals surface area contributed by atoms with Crippen molar-refractivity contribution in [3.63, 3.8) is 0 Å². The van der Waals surface area contributed by atoms with Crippen LogP contribution in [0, 0.1) is 0 Å². The third-order valence-corrected chi connectivity index (χ3v) is 2.83. The first kappa shape index (κ1) is 14.9. The molecule has 0 heterocycles. The van der Waals surface area contributed by atoms with Gasteiger partial charge in [-0.25, -0.2) is 0 Å². The second-order valence-corrected chi connectivity index (χ2v) is 4.49. The maximum atomic E-state index is 5.68. The van der Waals surface area contributed by atoms with Gasteiger partial charge in [-0.05, 0) is 42.3 Å². The fourth-order valence-electron chi connectivity index (χ4n) is 1.79. The molecule has 2 aromatic carbocycles. The molecule has 0 bridgehead atoms. The van der Waals surface area contributed by atoms with E-state index in [1.54, 1.807) is 13.3 Å². The lowest BCUT2D eigenvalue weighted by atomic mass is 10.2. The van der Waals surface area contributed by atoms with Crippen LogP contribution in [0.4, 0.5) is 5.69 Å². The molecule has 0 aliphatic heterocycles. The van der Waals surface area contributed by atoms with Gasteiger partial charge in [0.15, 0.2) is 11.5 Å². The van der Waals surface area contributed by atoms with Crippen LogP contribution in [-0.4, -0.2) is 19.9 Å². The lowest BCUT2D eigenvalue weighted by molar-refractivity contribution is 0.294. The molecule has 2 rings (SSSR count). The highest BCUT2D eigenvalue weighted by Gasteiger charge is 2.04. The second kappa shape index (κ2) is 7.94. The Kier molecular flexibility index (Phi) is 5.64. The van der Waals surface area contributed by atoms with Crippen molar-refractivity contribution in [2.24, 2.45) is 5.10 Å². The SMILES string of the molecule is CCCOc1cc(/C=N/Nc2ccccc2)ccc1OC. The minimum Gasteiger partial charge on any atom is -0.493 e. The van der Waals surface area contributed by atoms with E-state index in [1.165, 1.54) is 0 Å². The Bertz CT molecular complexity index is 583. The van der Waals surface area contributed by atoms with Gasteiger partial charge in [-0.2, -0.15) is 5.10 Å². The van der Waals surface area contributed by atoms with Crippen molar-refractivity contribution in [1.29, 1.82) is 0 Å². The summed E-state index contributed by atoms with van der Waals surface area (Å²) in [4.78, 5) is 0. The number of hydrazone groups is 1. The smallest absolute Gasteiger partial charge is 0.161 e. The average molecular weight is 284 g/mol. The van der Waals surface area contributed by atoms with Crippen LogP contribution in [0.3, 0.4) is 0 Å². The largest absolute Gasteiger partial charge is 0.493 e. The Morgan fingerprint density at radius 3 is 2.62 bits per heavy atom. The first-order valence-corrected chi connectivity index (χ1v) is 6.98. The van der Waals surface area contributed by atoms with Crippen LogP contribution in [0.25, 0.3) is 0 Å². The number of para-hydroxylation sites is 1. The number of methoxy groups -OCH3 is 1. The van der Waals surface area contributed by atoms with Gasteiger partial charge in [-0.15, -0.1) is 0 Å². The van der Waals surface area contributed by atoms with Crippen molar-refractivity contribution in [2.45, 2.75) is 13.3 Å². The molecule has 0 saturated carbocycles. The second-order valence-electron chi connectivity index (χ2n) is 4.49. The quantitative estimate of drug-likeness (QED) is 0.619. The predicted molar refractivity (Wildman–Crippen MR) is 86.4 cm³/mol. The van der Waals surface area contributed by atoms with E-state index in [0.717, 1.165) is 29.2 Å². The van der Waals surface area contributed by atoms with Crippen molar-refractivity contribution >= 4 is 11.9 Å². The Hall–Kier alpha value is -2.49. The van der Waals surface area contributed by atoms with Gasteiger partial charge in [-0.3, -0.25) is 5.43 Å². The zero-order valence-electron chi connectivity index (χ0n) is 12.4. The molecule has 110 valence electrons. The molecule has 0 aliphatic rings. The molecule has 0 aromatic heterocycles. The Labute approximate surface area is 125 Å². The fraction of sp³-hybridized carbons (Fsp3) is 0.235. The third kappa shape index (κ3) is 4.53. The highest BCUT2D eigenvalue weighted by molar-refractivity contribution is 5.81. The highest BCUT2D eigenvalue weighted by atomic mass is 16.5. The number of hydrogen-bond acceptors (Lipinski definition) is 4. The topological polar surface area (TPSA) is 42.8 Å². The lowest BCUT2D eigenvalue weighted by Gasteiger charge is -2.10. The zero-order chi connectivity index (χ0) is 14.9. The van der Waals surface area contributed by atoms with E-state index in [-0.39, 0.29) is 0 Å². The molecule has 0 unspecified atom stereocenters. The van der Waals surface area contributed by atoms with Crippen molar-refractivity contribution in [1.82, 2.24) is 0 Å². The Morgan fingerprint density at radius 2 is 1.90 bits per heavy atom. The molecule has 4 heteroatoms. The molecule has 0 fully saturated rings. The highest BCUT2D eigenvalue weighted by Crippen LogP contribution is 2.27. The number of hydrogen-bond donors (Lipinski definition) is 1. The van der Waals surface area contributed by atoms with Crippen LogP contribution >= 0.6 is 0 Å². The van der Waals surface area contributed by atoms with Gasteiger partial charge in [0, 0.05) is 0 Å². The maximum Gasteiger partial charge on any atom is 0.161 e. The van der Waals surface area contributed by atoms with E-state index in [0.29, 0.717) is 6.61 Å². The summed E-state index contributed by atoms with van der Waals surface area (Å²) in [6.45, 7) is 2.74. The van der Waals surface area contributed by atoms with Gasteiger partial charge in [0.2, 0.25) is 0 Å². The summed E-state index contributed by atoms with van der Waals surface area (Å²) in [6.07, 6.45) is 2.71. The molecule has 0 aliphatic carbocycles. The predicted octanol–water partition coefficient (Wildman–Crippen LogP) is 3.93. The van der Waals surface area contributed by atoms with Crippen molar-refractivity contribution < 1.29 is 9.47 Å². The summed E-state index contributed by atoms with van der Waals surface area (Å²) in [7, 11) is 1.64. The molecule has 0 atom stereocenters. The van der Waals surface area contributed by atoms with Gasteiger partial charge in [-0.1, -0.05) is 25.1 Å². The molecule has 21 heavy (non-hydrogen) atoms. The van der Waals surface area contributed by atoms with E-state index < -0.39 is 0 Å². The van der Waals surface area contributed by atoms with E-state index in [4.69, 9.17) is 9.47 Å². The summed E-state index contributed by atoms with van der Waals surface area (Å²) in [6, 6.07) is 15.6. The fourth-order valence-corrected chi connectivity index (χ4v) is 1.79. The van der Waals surface area contributed by atoms with Crippen LogP contribution in [-0.2, 0) is 0 Å². The number of benzene rings is 2. The van der Waals surface area contributed by atoms with Crippen molar-refractivity contribution in [3.8, 4) is 11.5 Å². The van der Waals surface area contributed by atoms with E-state index in [2.05, 4.69) is 17.5 Å². The molecule has 4 nitrogen and oxygen atoms in total. The van der Waals surface area contributed by atoms with Crippen molar-refractivity contribution in [2.75, 3.05) is 19.1 Å². The van der Waals surface area contributed by atoms with Gasteiger partial charge in [0.1, 0.15) is 0 Å². The van der Waals surface area contributed by atoms with E-state index >= 15 is 0 Å². The number of rotatable bonds is 7. The normalized spacial score (nSPS) is 10.6. The van der Waals surface area contributed by atoms with Gasteiger partial charge in [0.25, 0.3) is 0 Å². The molecule has 0 radical (unpaired) electrons. The third-order valence-electron chi connectivity index (χ3n) is 2.83. The van der Waals surface area contributed by atoms with Crippen LogP contribution < -0.4 is 14.9 Å². The van der Waals surface area contributed by atoms with E-state index in [1.807, 2.05) is 48.5 Å².